The van der Waals surface area contributed by atoms with Gasteiger partial charge in [0.1, 0.15) is 0 Å². The summed E-state index contributed by atoms with van der Waals surface area (Å²) in [5.74, 6) is -0.510. The number of esters is 1. The Morgan fingerprint density at radius 1 is 1.36 bits per heavy atom. The highest BCUT2D eigenvalue weighted by atomic mass is 32.2. The smallest absolute Gasteiger partial charge is 0.337 e. The van der Waals surface area contributed by atoms with Crippen molar-refractivity contribution >= 4 is 16.0 Å². The fourth-order valence-electron chi connectivity index (χ4n) is 1.95. The van der Waals surface area contributed by atoms with Crippen molar-refractivity contribution in [2.24, 2.45) is 0 Å². The highest BCUT2D eigenvalue weighted by Gasteiger charge is 2.18. The van der Waals surface area contributed by atoms with Crippen LogP contribution in [0.1, 0.15) is 17.3 Å². The van der Waals surface area contributed by atoms with E-state index in [0.29, 0.717) is 12.1 Å². The van der Waals surface area contributed by atoms with Crippen molar-refractivity contribution in [3.8, 4) is 0 Å². The van der Waals surface area contributed by atoms with Crippen LogP contribution in [0.3, 0.4) is 0 Å². The first-order chi connectivity index (χ1) is 10.4. The van der Waals surface area contributed by atoms with Crippen LogP contribution in [-0.4, -0.2) is 37.3 Å². The quantitative estimate of drug-likeness (QED) is 0.802. The Hall–Kier alpha value is -2.19. The zero-order chi connectivity index (χ0) is 16.2. The maximum Gasteiger partial charge on any atom is 0.337 e. The molecule has 8 heteroatoms. The third-order valence-corrected chi connectivity index (χ3v) is 4.57. The Balaban J connectivity index is 2.07. The first-order valence-corrected chi connectivity index (χ1v) is 8.09. The number of nitrogens with zero attached hydrogens (tertiary/aromatic N) is 2. The van der Waals surface area contributed by atoms with E-state index in [1.54, 1.807) is 30.1 Å². The van der Waals surface area contributed by atoms with Gasteiger partial charge < -0.3 is 4.74 Å². The monoisotopic (exact) mass is 323 g/mol. The molecule has 0 bridgehead atoms. The predicted octanol–water partition coefficient (Wildman–Crippen LogP) is 1.04. The van der Waals surface area contributed by atoms with Gasteiger partial charge in [0, 0.05) is 18.4 Å². The Labute approximate surface area is 129 Å². The van der Waals surface area contributed by atoms with E-state index in [0.717, 1.165) is 0 Å². The fourth-order valence-corrected chi connectivity index (χ4v) is 3.18. The van der Waals surface area contributed by atoms with Crippen LogP contribution in [0, 0.1) is 0 Å². The molecule has 1 aromatic heterocycles. The number of carbonyl (C=O) groups is 1. The Morgan fingerprint density at radius 2 is 2.05 bits per heavy atom. The lowest BCUT2D eigenvalue weighted by Gasteiger charge is -2.14. The molecule has 1 unspecified atom stereocenters. The van der Waals surface area contributed by atoms with Crippen molar-refractivity contribution < 1.29 is 17.9 Å². The first-order valence-electron chi connectivity index (χ1n) is 6.60. The van der Waals surface area contributed by atoms with E-state index in [-0.39, 0.29) is 10.9 Å². The van der Waals surface area contributed by atoms with E-state index in [9.17, 15) is 13.2 Å². The van der Waals surface area contributed by atoms with Gasteiger partial charge >= 0.3 is 5.97 Å². The molecule has 2 aromatic rings. The van der Waals surface area contributed by atoms with Crippen molar-refractivity contribution in [2.45, 2.75) is 24.4 Å². The topological polar surface area (TPSA) is 90.3 Å². The van der Waals surface area contributed by atoms with Crippen LogP contribution in [0.5, 0.6) is 0 Å². The minimum absolute atomic E-state index is 0.0902. The van der Waals surface area contributed by atoms with Gasteiger partial charge in [0.15, 0.2) is 0 Å². The Bertz CT molecular complexity index is 724. The van der Waals surface area contributed by atoms with Gasteiger partial charge in [-0.05, 0) is 37.3 Å². The number of hydrogen-bond acceptors (Lipinski definition) is 5. The molecule has 0 aliphatic heterocycles. The summed E-state index contributed by atoms with van der Waals surface area (Å²) in [4.78, 5) is 11.4. The second-order valence-corrected chi connectivity index (χ2v) is 6.48. The van der Waals surface area contributed by atoms with Gasteiger partial charge in [-0.2, -0.15) is 5.10 Å². The molecule has 22 heavy (non-hydrogen) atoms. The number of sulfonamides is 1. The molecule has 0 spiro atoms. The molecule has 0 aliphatic rings. The fraction of sp³-hybridized carbons (Fsp3) is 0.286. The average Bonchev–Trinajstić information content (AvgIpc) is 2.98. The third-order valence-electron chi connectivity index (χ3n) is 2.96. The van der Waals surface area contributed by atoms with E-state index in [4.69, 9.17) is 0 Å². The lowest BCUT2D eigenvalue weighted by Crippen LogP contribution is -2.35. The van der Waals surface area contributed by atoms with E-state index >= 15 is 0 Å². The van der Waals surface area contributed by atoms with Gasteiger partial charge in [-0.3, -0.25) is 4.68 Å². The summed E-state index contributed by atoms with van der Waals surface area (Å²) < 4.78 is 33.3. The molecular formula is C14H17N3O4S. The summed E-state index contributed by atoms with van der Waals surface area (Å²) in [6, 6.07) is 7.01. The van der Waals surface area contributed by atoms with Crippen molar-refractivity contribution in [3.05, 3.63) is 48.3 Å². The molecule has 0 radical (unpaired) electrons. The molecule has 1 atom stereocenters. The molecule has 0 amide bonds. The highest BCUT2D eigenvalue weighted by molar-refractivity contribution is 7.89. The third kappa shape index (κ3) is 3.92. The van der Waals surface area contributed by atoms with Crippen LogP contribution in [0.4, 0.5) is 0 Å². The number of benzene rings is 1. The largest absolute Gasteiger partial charge is 0.465 e. The van der Waals surface area contributed by atoms with Crippen molar-refractivity contribution in [3.63, 3.8) is 0 Å². The van der Waals surface area contributed by atoms with Crippen LogP contribution < -0.4 is 4.72 Å². The molecule has 1 heterocycles. The molecular weight excluding hydrogens is 306 g/mol. The second-order valence-electron chi connectivity index (χ2n) is 4.77. The zero-order valence-corrected chi connectivity index (χ0v) is 13.1. The van der Waals surface area contributed by atoms with E-state index in [1.165, 1.54) is 31.4 Å². The second kappa shape index (κ2) is 6.71. The first kappa shape index (κ1) is 16.2. The number of rotatable bonds is 6. The minimum Gasteiger partial charge on any atom is -0.465 e. The lowest BCUT2D eigenvalue weighted by molar-refractivity contribution is 0.0600. The van der Waals surface area contributed by atoms with Crippen LogP contribution in [0.2, 0.25) is 0 Å². The normalized spacial score (nSPS) is 12.8. The Morgan fingerprint density at radius 3 is 2.59 bits per heavy atom. The SMILES string of the molecule is COC(=O)c1ccc(S(=O)(=O)NC(C)Cn2cccn2)cc1. The summed E-state index contributed by atoms with van der Waals surface area (Å²) in [7, 11) is -2.39. The van der Waals surface area contributed by atoms with Gasteiger partial charge in [0.05, 0.1) is 24.1 Å². The van der Waals surface area contributed by atoms with Gasteiger partial charge in [-0.15, -0.1) is 0 Å². The molecule has 118 valence electrons. The van der Waals surface area contributed by atoms with Gasteiger partial charge in [-0.1, -0.05) is 0 Å². The van der Waals surface area contributed by atoms with Crippen molar-refractivity contribution in [2.75, 3.05) is 7.11 Å². The van der Waals surface area contributed by atoms with Gasteiger partial charge in [0.25, 0.3) is 0 Å². The summed E-state index contributed by atoms with van der Waals surface area (Å²) in [5.41, 5.74) is 0.297. The van der Waals surface area contributed by atoms with E-state index in [2.05, 4.69) is 14.6 Å². The molecule has 7 nitrogen and oxygen atoms in total. The van der Waals surface area contributed by atoms with Gasteiger partial charge in [-0.25, -0.2) is 17.9 Å². The van der Waals surface area contributed by atoms with Crippen molar-refractivity contribution in [1.82, 2.24) is 14.5 Å². The molecule has 0 saturated carbocycles. The number of aromatic nitrogens is 2. The minimum atomic E-state index is -3.66. The molecule has 0 fully saturated rings. The van der Waals surface area contributed by atoms with Crippen LogP contribution >= 0.6 is 0 Å². The number of nitrogens with one attached hydrogen (secondary N) is 1. The molecule has 1 aromatic carbocycles. The zero-order valence-electron chi connectivity index (χ0n) is 12.3. The maximum absolute atomic E-state index is 12.3. The predicted molar refractivity (Wildman–Crippen MR) is 79.8 cm³/mol. The standard InChI is InChI=1S/C14H17N3O4S/c1-11(10-17-9-3-8-15-17)16-22(19,20)13-6-4-12(5-7-13)14(18)21-2/h3-9,11,16H,10H2,1-2H3. The summed E-state index contributed by atoms with van der Waals surface area (Å²) in [6.45, 7) is 2.18. The number of hydrogen-bond donors (Lipinski definition) is 1. The Kier molecular flexibility index (Phi) is 4.94. The maximum atomic E-state index is 12.3. The number of methoxy groups -OCH3 is 1. The van der Waals surface area contributed by atoms with Crippen LogP contribution in [0.25, 0.3) is 0 Å². The van der Waals surface area contributed by atoms with E-state index in [1.807, 2.05) is 0 Å². The number of ether oxygens (including phenoxy) is 1. The van der Waals surface area contributed by atoms with Crippen LogP contribution in [0.15, 0.2) is 47.6 Å². The molecule has 0 aliphatic carbocycles. The molecule has 1 N–H and O–H groups in total. The highest BCUT2D eigenvalue weighted by Crippen LogP contribution is 2.12. The average molecular weight is 323 g/mol. The lowest BCUT2D eigenvalue weighted by atomic mass is 10.2. The van der Waals surface area contributed by atoms with E-state index < -0.39 is 16.0 Å². The molecule has 0 saturated heterocycles. The summed E-state index contributed by atoms with van der Waals surface area (Å²) in [6.07, 6.45) is 3.39. The van der Waals surface area contributed by atoms with Crippen LogP contribution in [-0.2, 0) is 21.3 Å². The summed E-state index contributed by atoms with van der Waals surface area (Å²) in [5, 5.41) is 4.03. The van der Waals surface area contributed by atoms with Gasteiger partial charge in [0.2, 0.25) is 10.0 Å². The number of carbonyl (C=O) groups excluding carboxylic acids is 1. The summed E-state index contributed by atoms with van der Waals surface area (Å²) >= 11 is 0. The van der Waals surface area contributed by atoms with Crippen molar-refractivity contribution in [1.29, 1.82) is 0 Å². The molecule has 2 rings (SSSR count).